The molecule has 4 rings (SSSR count). The number of rotatable bonds is 4. The lowest BCUT2D eigenvalue weighted by atomic mass is 10.4. The van der Waals surface area contributed by atoms with Crippen molar-refractivity contribution in [2.45, 2.75) is 10.3 Å². The van der Waals surface area contributed by atoms with Crippen molar-refractivity contribution in [2.75, 3.05) is 74.9 Å². The number of hydrogen-bond acceptors (Lipinski definition) is 11. The largest absolute Gasteiger partial charge is 0.378 e. The molecule has 10 nitrogen and oxygen atoms in total. The van der Waals surface area contributed by atoms with E-state index in [1.807, 2.05) is 11.2 Å². The van der Waals surface area contributed by atoms with Crippen LogP contribution in [0.2, 0.25) is 10.3 Å². The van der Waals surface area contributed by atoms with Crippen LogP contribution in [0.5, 0.6) is 0 Å². The summed E-state index contributed by atoms with van der Waals surface area (Å²) in [5.74, 6) is 1.41. The van der Waals surface area contributed by atoms with Crippen LogP contribution in [-0.4, -0.2) is 93.5 Å². The number of morpholine rings is 2. The average Bonchev–Trinajstić information content (AvgIpc) is 2.79. The first-order valence-electron chi connectivity index (χ1n) is 9.75. The molecule has 14 heteroatoms. The highest BCUT2D eigenvalue weighted by atomic mass is 35.5. The van der Waals surface area contributed by atoms with Gasteiger partial charge in [-0.1, -0.05) is 35.0 Å². The topological polar surface area (TPSA) is 111 Å². The van der Waals surface area contributed by atoms with E-state index >= 15 is 0 Å². The predicted molar refractivity (Wildman–Crippen MR) is 125 cm³/mol. The highest BCUT2D eigenvalue weighted by Gasteiger charge is 2.18. The van der Waals surface area contributed by atoms with Gasteiger partial charge in [0.1, 0.15) is 21.9 Å². The second-order valence-electron chi connectivity index (χ2n) is 6.84. The molecular formula is C18H24Cl2N6O4S2. The smallest absolute Gasteiger partial charge is 0.250 e. The quantitative estimate of drug-likeness (QED) is 0.334. The zero-order valence-electron chi connectivity index (χ0n) is 17.7. The second-order valence-corrected chi connectivity index (χ2v) is 10.3. The van der Waals surface area contributed by atoms with Crippen molar-refractivity contribution < 1.29 is 17.9 Å². The summed E-state index contributed by atoms with van der Waals surface area (Å²) in [5, 5.41) is 1.09. The lowest BCUT2D eigenvalue weighted by Crippen LogP contribution is -2.37. The fourth-order valence-electron chi connectivity index (χ4n) is 2.94. The highest BCUT2D eigenvalue weighted by molar-refractivity contribution is 7.98. The van der Waals surface area contributed by atoms with Crippen LogP contribution in [0.3, 0.4) is 0 Å². The molecule has 0 aromatic carbocycles. The number of anilines is 2. The molecule has 2 aliphatic heterocycles. The first kappa shape index (κ1) is 25.2. The Labute approximate surface area is 201 Å². The summed E-state index contributed by atoms with van der Waals surface area (Å²) < 4.78 is 33.3. The maximum Gasteiger partial charge on any atom is 0.250 e. The lowest BCUT2D eigenvalue weighted by molar-refractivity contribution is 0.122. The minimum Gasteiger partial charge on any atom is -0.378 e. The number of nitrogens with zero attached hydrogens (tertiary/aromatic N) is 6. The van der Waals surface area contributed by atoms with E-state index in [-0.39, 0.29) is 10.3 Å². The van der Waals surface area contributed by atoms with Crippen molar-refractivity contribution >= 4 is 56.4 Å². The van der Waals surface area contributed by atoms with Crippen molar-refractivity contribution in [2.24, 2.45) is 0 Å². The van der Waals surface area contributed by atoms with Gasteiger partial charge in [-0.05, 0) is 6.26 Å². The Morgan fingerprint density at radius 2 is 1.31 bits per heavy atom. The standard InChI is InChI=1S/C9H12ClN3O3S.C9H12ClN3OS/c1-17(14,15)9-11-7(10)6-8(12-9)13-2-4-16-5-3-13;1-15-9-11-7(10)6-8(12-9)13-2-4-14-5-3-13/h6H,2-5H2,1H3;6H,2-5H2,1H3. The molecule has 0 aliphatic carbocycles. The number of sulfone groups is 1. The molecule has 2 fully saturated rings. The summed E-state index contributed by atoms with van der Waals surface area (Å²) in [5.41, 5.74) is 0. The third kappa shape index (κ3) is 7.29. The average molecular weight is 523 g/mol. The third-order valence-corrected chi connectivity index (χ3v) is 6.29. The van der Waals surface area contributed by atoms with Crippen LogP contribution >= 0.6 is 35.0 Å². The number of hydrogen-bond donors (Lipinski definition) is 0. The van der Waals surface area contributed by atoms with Gasteiger partial charge in [0.15, 0.2) is 5.16 Å². The summed E-state index contributed by atoms with van der Waals surface area (Å²) in [6, 6.07) is 3.36. The zero-order valence-corrected chi connectivity index (χ0v) is 20.8. The summed E-state index contributed by atoms with van der Waals surface area (Å²) in [6.07, 6.45) is 3.00. The van der Waals surface area contributed by atoms with Crippen molar-refractivity contribution in [3.05, 3.63) is 22.4 Å². The van der Waals surface area contributed by atoms with Crippen LogP contribution in [0.4, 0.5) is 11.6 Å². The third-order valence-electron chi connectivity index (χ3n) is 4.51. The van der Waals surface area contributed by atoms with Gasteiger partial charge in [-0.2, -0.15) is 0 Å². The van der Waals surface area contributed by atoms with Crippen molar-refractivity contribution in [3.63, 3.8) is 0 Å². The maximum absolute atomic E-state index is 11.4. The fraction of sp³-hybridized carbons (Fsp3) is 0.556. The number of thioether (sulfide) groups is 1. The molecule has 0 N–H and O–H groups in total. The van der Waals surface area contributed by atoms with Gasteiger partial charge in [0, 0.05) is 44.6 Å². The fourth-order valence-corrected chi connectivity index (χ4v) is 4.29. The molecule has 0 spiro atoms. The van der Waals surface area contributed by atoms with Gasteiger partial charge in [0.25, 0.3) is 0 Å². The molecule has 2 aromatic heterocycles. The summed E-state index contributed by atoms with van der Waals surface area (Å²) in [7, 11) is -3.45. The van der Waals surface area contributed by atoms with E-state index in [0.29, 0.717) is 42.4 Å². The Morgan fingerprint density at radius 1 is 0.844 bits per heavy atom. The minimum atomic E-state index is -3.45. The molecule has 0 amide bonds. The van der Waals surface area contributed by atoms with E-state index in [2.05, 4.69) is 24.8 Å². The van der Waals surface area contributed by atoms with Crippen LogP contribution in [0.15, 0.2) is 22.4 Å². The lowest BCUT2D eigenvalue weighted by Gasteiger charge is -2.27. The highest BCUT2D eigenvalue weighted by Crippen LogP contribution is 2.21. The molecule has 2 aliphatic rings. The SMILES string of the molecule is CS(=O)(=O)c1nc(Cl)cc(N2CCOCC2)n1.CSc1nc(Cl)cc(N2CCOCC2)n1. The van der Waals surface area contributed by atoms with E-state index in [1.165, 1.54) is 11.8 Å². The van der Waals surface area contributed by atoms with E-state index in [4.69, 9.17) is 32.7 Å². The van der Waals surface area contributed by atoms with Gasteiger partial charge >= 0.3 is 0 Å². The number of ether oxygens (including phenoxy) is 2. The van der Waals surface area contributed by atoms with Gasteiger partial charge < -0.3 is 19.3 Å². The molecule has 0 saturated carbocycles. The monoisotopic (exact) mass is 522 g/mol. The summed E-state index contributed by atoms with van der Waals surface area (Å²) in [6.45, 7) is 5.73. The van der Waals surface area contributed by atoms with Gasteiger partial charge in [-0.3, -0.25) is 0 Å². The van der Waals surface area contributed by atoms with Gasteiger partial charge in [-0.25, -0.2) is 28.4 Å². The summed E-state index contributed by atoms with van der Waals surface area (Å²) >= 11 is 13.2. The minimum absolute atomic E-state index is 0.127. The molecule has 176 valence electrons. The van der Waals surface area contributed by atoms with Gasteiger partial charge in [0.2, 0.25) is 15.0 Å². The molecule has 32 heavy (non-hydrogen) atoms. The molecule has 0 atom stereocenters. The molecule has 0 bridgehead atoms. The first-order chi connectivity index (χ1) is 15.3. The molecule has 0 radical (unpaired) electrons. The van der Waals surface area contributed by atoms with Crippen molar-refractivity contribution in [1.82, 2.24) is 19.9 Å². The van der Waals surface area contributed by atoms with Gasteiger partial charge in [-0.15, -0.1) is 0 Å². The van der Waals surface area contributed by atoms with Crippen LogP contribution in [0.1, 0.15) is 0 Å². The first-order valence-corrected chi connectivity index (χ1v) is 13.6. The van der Waals surface area contributed by atoms with Gasteiger partial charge in [0.05, 0.1) is 26.4 Å². The van der Waals surface area contributed by atoms with Crippen molar-refractivity contribution in [1.29, 1.82) is 0 Å². The Kier molecular flexibility index (Phi) is 9.14. The van der Waals surface area contributed by atoms with Crippen LogP contribution in [0, 0.1) is 0 Å². The number of aromatic nitrogens is 4. The normalized spacial score (nSPS) is 17.0. The van der Waals surface area contributed by atoms with E-state index in [1.54, 1.807) is 12.1 Å². The predicted octanol–water partition coefficient (Wildman–Crippen LogP) is 2.06. The summed E-state index contributed by atoms with van der Waals surface area (Å²) in [4.78, 5) is 20.3. The van der Waals surface area contributed by atoms with Crippen LogP contribution in [-0.2, 0) is 19.3 Å². The molecule has 0 unspecified atom stereocenters. The van der Waals surface area contributed by atoms with Crippen LogP contribution < -0.4 is 9.80 Å². The Morgan fingerprint density at radius 3 is 1.78 bits per heavy atom. The Balaban J connectivity index is 0.000000182. The second kappa shape index (κ2) is 11.6. The Hall–Kier alpha value is -1.44. The maximum atomic E-state index is 11.4. The number of halogens is 2. The molecule has 2 aromatic rings. The molecule has 2 saturated heterocycles. The Bertz CT molecular complexity index is 1020. The molecule has 4 heterocycles. The van der Waals surface area contributed by atoms with Crippen LogP contribution in [0.25, 0.3) is 0 Å². The van der Waals surface area contributed by atoms with E-state index in [0.717, 1.165) is 38.4 Å². The van der Waals surface area contributed by atoms with E-state index in [9.17, 15) is 8.42 Å². The van der Waals surface area contributed by atoms with Crippen molar-refractivity contribution in [3.8, 4) is 0 Å². The molecular weight excluding hydrogens is 499 g/mol. The zero-order chi connectivity index (χ0) is 23.1. The van der Waals surface area contributed by atoms with E-state index < -0.39 is 9.84 Å².